The lowest BCUT2D eigenvalue weighted by Crippen LogP contribution is -2.41. The van der Waals surface area contributed by atoms with E-state index in [1.54, 1.807) is 0 Å². The van der Waals surface area contributed by atoms with E-state index in [2.05, 4.69) is 5.32 Å². The molecule has 1 fully saturated rings. The van der Waals surface area contributed by atoms with Crippen LogP contribution in [0.25, 0.3) is 0 Å². The summed E-state index contributed by atoms with van der Waals surface area (Å²) in [6, 6.07) is 0.213. The molecule has 1 aliphatic carbocycles. The predicted molar refractivity (Wildman–Crippen MR) is 51.2 cm³/mol. The van der Waals surface area contributed by atoms with E-state index in [0.29, 0.717) is 5.92 Å². The Morgan fingerprint density at radius 1 is 1.38 bits per heavy atom. The lowest BCUT2D eigenvalue weighted by Gasteiger charge is -2.20. The second kappa shape index (κ2) is 4.61. The highest BCUT2D eigenvalue weighted by Gasteiger charge is 2.23. The van der Waals surface area contributed by atoms with Gasteiger partial charge in [-0.15, -0.1) is 0 Å². The number of amides is 1. The third-order valence-electron chi connectivity index (χ3n) is 2.86. The van der Waals surface area contributed by atoms with E-state index in [9.17, 15) is 4.79 Å². The van der Waals surface area contributed by atoms with Crippen LogP contribution in [0.2, 0.25) is 0 Å². The van der Waals surface area contributed by atoms with Gasteiger partial charge in [0.15, 0.2) is 0 Å². The first-order valence-corrected chi connectivity index (χ1v) is 5.09. The van der Waals surface area contributed by atoms with Crippen LogP contribution in [0.5, 0.6) is 0 Å². The van der Waals surface area contributed by atoms with Crippen LogP contribution in [0.3, 0.4) is 0 Å². The number of carbonyl (C=O) groups is 1. The molecule has 76 valence electrons. The fourth-order valence-electron chi connectivity index (χ4n) is 1.92. The first-order chi connectivity index (χ1) is 6.11. The molecule has 1 rings (SSSR count). The highest BCUT2D eigenvalue weighted by molar-refractivity contribution is 5.80. The molecule has 1 unspecified atom stereocenters. The summed E-state index contributed by atoms with van der Waals surface area (Å²) in [6.45, 7) is 3.52. The molecule has 3 nitrogen and oxygen atoms in total. The molecule has 1 saturated carbocycles. The maximum atomic E-state index is 11.1. The quantitative estimate of drug-likeness (QED) is 0.690. The fourth-order valence-corrected chi connectivity index (χ4v) is 1.92. The van der Waals surface area contributed by atoms with Crippen LogP contribution < -0.4 is 5.32 Å². The summed E-state index contributed by atoms with van der Waals surface area (Å²) in [4.78, 5) is 11.1. The number of aliphatic hydroxyl groups is 1. The Hall–Kier alpha value is -0.570. The van der Waals surface area contributed by atoms with Gasteiger partial charge in [-0.1, -0.05) is 12.8 Å². The summed E-state index contributed by atoms with van der Waals surface area (Å²) in [5.74, 6) is 0.363. The van der Waals surface area contributed by atoms with Crippen LogP contribution in [0.15, 0.2) is 0 Å². The molecule has 0 aliphatic heterocycles. The van der Waals surface area contributed by atoms with Crippen molar-refractivity contribution in [3.05, 3.63) is 0 Å². The molecule has 0 spiro atoms. The third-order valence-corrected chi connectivity index (χ3v) is 2.86. The molecule has 2 atom stereocenters. The van der Waals surface area contributed by atoms with Crippen LogP contribution in [0.1, 0.15) is 39.5 Å². The smallest absolute Gasteiger partial charge is 0.248 e. The lowest BCUT2D eigenvalue weighted by molar-refractivity contribution is -0.129. The van der Waals surface area contributed by atoms with E-state index in [0.717, 1.165) is 0 Å². The van der Waals surface area contributed by atoms with Gasteiger partial charge < -0.3 is 10.4 Å². The number of carbonyl (C=O) groups excluding carboxylic acids is 1. The van der Waals surface area contributed by atoms with Crippen LogP contribution in [0, 0.1) is 5.92 Å². The Morgan fingerprint density at radius 3 is 2.38 bits per heavy atom. The molecule has 0 aromatic heterocycles. The third kappa shape index (κ3) is 2.99. The molecule has 0 aromatic carbocycles. The highest BCUT2D eigenvalue weighted by atomic mass is 16.3. The van der Waals surface area contributed by atoms with E-state index in [-0.39, 0.29) is 11.9 Å². The van der Waals surface area contributed by atoms with Gasteiger partial charge in [0, 0.05) is 6.04 Å². The predicted octanol–water partition coefficient (Wildman–Crippen LogP) is 1.06. The minimum atomic E-state index is -0.885. The number of aliphatic hydroxyl groups excluding tert-OH is 1. The van der Waals surface area contributed by atoms with Crippen molar-refractivity contribution in [2.45, 2.75) is 51.7 Å². The van der Waals surface area contributed by atoms with E-state index < -0.39 is 6.10 Å². The minimum absolute atomic E-state index is 0.213. The Bertz CT molecular complexity index is 174. The van der Waals surface area contributed by atoms with E-state index >= 15 is 0 Å². The van der Waals surface area contributed by atoms with Crippen LogP contribution >= 0.6 is 0 Å². The van der Waals surface area contributed by atoms with Crippen LogP contribution in [-0.2, 0) is 4.79 Å². The second-order valence-electron chi connectivity index (χ2n) is 4.02. The van der Waals surface area contributed by atoms with Gasteiger partial charge in [0.2, 0.25) is 5.91 Å². The van der Waals surface area contributed by atoms with Gasteiger partial charge in [0.05, 0.1) is 0 Å². The number of rotatable bonds is 3. The average Bonchev–Trinajstić information content (AvgIpc) is 2.55. The average molecular weight is 185 g/mol. The second-order valence-corrected chi connectivity index (χ2v) is 4.02. The monoisotopic (exact) mass is 185 g/mol. The summed E-state index contributed by atoms with van der Waals surface area (Å²) in [5.41, 5.74) is 0. The Kier molecular flexibility index (Phi) is 3.72. The maximum Gasteiger partial charge on any atom is 0.248 e. The zero-order valence-electron chi connectivity index (χ0n) is 8.42. The molecule has 2 N–H and O–H groups in total. The Balaban J connectivity index is 2.31. The normalized spacial score (nSPS) is 22.7. The molecular formula is C10H19NO2. The Labute approximate surface area is 79.5 Å². The van der Waals surface area contributed by atoms with E-state index in [1.165, 1.54) is 32.6 Å². The number of hydrogen-bond acceptors (Lipinski definition) is 2. The van der Waals surface area contributed by atoms with Crippen molar-refractivity contribution in [2.24, 2.45) is 5.92 Å². The standard InChI is InChI=1S/C10H19NO2/c1-7(9-5-3-4-6-9)11-10(13)8(2)12/h7-9,12H,3-6H2,1-2H3,(H,11,13)/t7?,8-/m0/s1. The molecule has 3 heteroatoms. The summed E-state index contributed by atoms with van der Waals surface area (Å²) >= 11 is 0. The fraction of sp³-hybridized carbons (Fsp3) is 0.900. The minimum Gasteiger partial charge on any atom is -0.384 e. The lowest BCUT2D eigenvalue weighted by atomic mass is 10.00. The highest BCUT2D eigenvalue weighted by Crippen LogP contribution is 2.27. The van der Waals surface area contributed by atoms with Gasteiger partial charge in [0.25, 0.3) is 0 Å². The topological polar surface area (TPSA) is 49.3 Å². The molecular weight excluding hydrogens is 166 g/mol. The van der Waals surface area contributed by atoms with Crippen LogP contribution in [0.4, 0.5) is 0 Å². The van der Waals surface area contributed by atoms with Crippen molar-refractivity contribution in [1.82, 2.24) is 5.32 Å². The van der Waals surface area contributed by atoms with Crippen molar-refractivity contribution < 1.29 is 9.90 Å². The van der Waals surface area contributed by atoms with Gasteiger partial charge in [-0.05, 0) is 32.6 Å². The van der Waals surface area contributed by atoms with E-state index in [1.807, 2.05) is 6.92 Å². The van der Waals surface area contributed by atoms with Crippen molar-refractivity contribution >= 4 is 5.91 Å². The molecule has 0 aromatic rings. The zero-order chi connectivity index (χ0) is 9.84. The van der Waals surface area contributed by atoms with Crippen LogP contribution in [-0.4, -0.2) is 23.2 Å². The van der Waals surface area contributed by atoms with Crippen molar-refractivity contribution in [2.75, 3.05) is 0 Å². The van der Waals surface area contributed by atoms with Gasteiger partial charge in [0.1, 0.15) is 6.10 Å². The van der Waals surface area contributed by atoms with Gasteiger partial charge in [-0.25, -0.2) is 0 Å². The molecule has 0 bridgehead atoms. The number of nitrogens with one attached hydrogen (secondary N) is 1. The molecule has 13 heavy (non-hydrogen) atoms. The summed E-state index contributed by atoms with van der Waals surface area (Å²) in [7, 11) is 0. The molecule has 0 radical (unpaired) electrons. The summed E-state index contributed by atoms with van der Waals surface area (Å²) < 4.78 is 0. The van der Waals surface area contributed by atoms with Crippen molar-refractivity contribution in [3.8, 4) is 0 Å². The van der Waals surface area contributed by atoms with Gasteiger partial charge >= 0.3 is 0 Å². The van der Waals surface area contributed by atoms with Gasteiger partial charge in [-0.2, -0.15) is 0 Å². The van der Waals surface area contributed by atoms with Crippen molar-refractivity contribution in [1.29, 1.82) is 0 Å². The van der Waals surface area contributed by atoms with E-state index in [4.69, 9.17) is 5.11 Å². The summed E-state index contributed by atoms with van der Waals surface area (Å²) in [5, 5.41) is 11.8. The SMILES string of the molecule is CC(NC(=O)[C@H](C)O)C1CCCC1. The maximum absolute atomic E-state index is 11.1. The number of hydrogen-bond donors (Lipinski definition) is 2. The van der Waals surface area contributed by atoms with Gasteiger partial charge in [-0.3, -0.25) is 4.79 Å². The molecule has 1 aliphatic rings. The van der Waals surface area contributed by atoms with Crippen molar-refractivity contribution in [3.63, 3.8) is 0 Å². The zero-order valence-corrected chi connectivity index (χ0v) is 8.42. The summed E-state index contributed by atoms with van der Waals surface area (Å²) in [6.07, 6.45) is 4.09. The first kappa shape index (κ1) is 10.5. The molecule has 1 amide bonds. The Morgan fingerprint density at radius 2 is 1.92 bits per heavy atom. The largest absolute Gasteiger partial charge is 0.384 e. The molecule has 0 heterocycles. The molecule has 0 saturated heterocycles. The first-order valence-electron chi connectivity index (χ1n) is 5.09.